The van der Waals surface area contributed by atoms with E-state index in [0.29, 0.717) is 11.5 Å². The monoisotopic (exact) mass is 368 g/mol. The number of rotatable bonds is 4. The molecule has 3 nitrogen and oxygen atoms in total. The minimum absolute atomic E-state index is 0. The summed E-state index contributed by atoms with van der Waals surface area (Å²) in [4.78, 5) is 12.0. The van der Waals surface area contributed by atoms with Crippen LogP contribution in [-0.2, 0) is 10.8 Å². The van der Waals surface area contributed by atoms with Gasteiger partial charge in [0.2, 0.25) is 8.60 Å². The van der Waals surface area contributed by atoms with Crippen LogP contribution in [0.2, 0.25) is 0 Å². The molecule has 25 heavy (non-hydrogen) atoms. The standard InChI is InChI=1S/C20H26O3P.Na/c1-19(2,3)15-7-11-17(12-8-15)22-24(21)23-18-13-9-16(10-14-18)20(4,5)6;/h7-14H,1-6H3;/q-1;+1. The fraction of sp³-hybridized carbons (Fsp3) is 0.400. The van der Waals surface area contributed by atoms with Crippen molar-refractivity contribution in [2.75, 3.05) is 0 Å². The Morgan fingerprint density at radius 3 is 1.16 bits per heavy atom. The Kier molecular flexibility index (Phi) is 7.98. The third-order valence-electron chi connectivity index (χ3n) is 3.80. The third-order valence-corrected chi connectivity index (χ3v) is 4.52. The van der Waals surface area contributed by atoms with Gasteiger partial charge in [0.15, 0.2) is 0 Å². The zero-order chi connectivity index (χ0) is 18.0. The van der Waals surface area contributed by atoms with Crippen LogP contribution in [0.25, 0.3) is 0 Å². The van der Waals surface area contributed by atoms with Crippen LogP contribution in [0.5, 0.6) is 11.5 Å². The van der Waals surface area contributed by atoms with E-state index in [1.165, 1.54) is 11.1 Å². The molecule has 0 saturated heterocycles. The molecular weight excluding hydrogens is 342 g/mol. The van der Waals surface area contributed by atoms with Crippen LogP contribution in [0.15, 0.2) is 48.5 Å². The summed E-state index contributed by atoms with van der Waals surface area (Å²) in [6, 6.07) is 15.2. The van der Waals surface area contributed by atoms with Crippen LogP contribution < -0.4 is 43.5 Å². The summed E-state index contributed by atoms with van der Waals surface area (Å²) in [5.74, 6) is 1.07. The molecule has 0 aromatic heterocycles. The van der Waals surface area contributed by atoms with Gasteiger partial charge in [-0.25, -0.2) is 0 Å². The Hall–Kier alpha value is -0.570. The second kappa shape index (κ2) is 8.88. The molecule has 0 heterocycles. The number of hydrogen-bond acceptors (Lipinski definition) is 3. The molecule has 0 fully saturated rings. The summed E-state index contributed by atoms with van der Waals surface area (Å²) in [5.41, 5.74) is 2.55. The van der Waals surface area contributed by atoms with Crippen molar-refractivity contribution in [1.29, 1.82) is 0 Å². The van der Waals surface area contributed by atoms with E-state index in [1.54, 1.807) is 0 Å². The van der Waals surface area contributed by atoms with E-state index in [-0.39, 0.29) is 40.4 Å². The molecule has 0 atom stereocenters. The van der Waals surface area contributed by atoms with Gasteiger partial charge in [-0.3, -0.25) is 0 Å². The molecule has 2 aromatic rings. The molecule has 2 aromatic carbocycles. The Morgan fingerprint density at radius 1 is 0.640 bits per heavy atom. The van der Waals surface area contributed by atoms with Crippen LogP contribution in [0.1, 0.15) is 52.7 Å². The molecule has 0 bridgehead atoms. The maximum atomic E-state index is 12.0. The van der Waals surface area contributed by atoms with Gasteiger partial charge in [0.05, 0.1) is 0 Å². The first-order valence-electron chi connectivity index (χ1n) is 8.10. The quantitative estimate of drug-likeness (QED) is 0.614. The van der Waals surface area contributed by atoms with Gasteiger partial charge >= 0.3 is 29.6 Å². The SMILES string of the molecule is CC(C)(C)c1ccc(OP([O-])Oc2ccc(C(C)(C)C)cc2)cc1.[Na+]. The Balaban J connectivity index is 0.00000312. The van der Waals surface area contributed by atoms with Gasteiger partial charge in [0.25, 0.3) is 0 Å². The summed E-state index contributed by atoms with van der Waals surface area (Å²) >= 11 is 0. The first-order chi connectivity index (χ1) is 11.1. The normalized spacial score (nSPS) is 11.8. The van der Waals surface area contributed by atoms with Gasteiger partial charge in [-0.05, 0) is 46.2 Å². The summed E-state index contributed by atoms with van der Waals surface area (Å²) in [5, 5.41) is 0. The molecule has 0 aliphatic rings. The predicted octanol–water partition coefficient (Wildman–Crippen LogP) is 2.33. The van der Waals surface area contributed by atoms with Crippen molar-refractivity contribution in [3.63, 3.8) is 0 Å². The summed E-state index contributed by atoms with van der Waals surface area (Å²) < 4.78 is 10.7. The zero-order valence-corrected chi connectivity index (χ0v) is 19.2. The Bertz CT molecular complexity index is 596. The van der Waals surface area contributed by atoms with Crippen molar-refractivity contribution in [3.05, 3.63) is 59.7 Å². The minimum Gasteiger partial charge on any atom is -0.765 e. The fourth-order valence-corrected chi connectivity index (χ4v) is 2.85. The molecule has 0 aliphatic carbocycles. The van der Waals surface area contributed by atoms with Crippen LogP contribution >= 0.6 is 8.60 Å². The maximum absolute atomic E-state index is 12.0. The Morgan fingerprint density at radius 2 is 0.920 bits per heavy atom. The molecule has 0 saturated carbocycles. The molecule has 0 N–H and O–H groups in total. The van der Waals surface area contributed by atoms with E-state index in [0.717, 1.165) is 0 Å². The van der Waals surface area contributed by atoms with E-state index in [9.17, 15) is 4.89 Å². The number of benzene rings is 2. The van der Waals surface area contributed by atoms with Gasteiger partial charge in [0, 0.05) is 0 Å². The molecule has 0 radical (unpaired) electrons. The first-order valence-corrected chi connectivity index (χ1v) is 9.19. The average Bonchev–Trinajstić information content (AvgIpc) is 2.46. The maximum Gasteiger partial charge on any atom is 1.00 e. The summed E-state index contributed by atoms with van der Waals surface area (Å²) in [6.07, 6.45) is 0. The first kappa shape index (κ1) is 22.5. The van der Waals surface area contributed by atoms with E-state index in [2.05, 4.69) is 41.5 Å². The van der Waals surface area contributed by atoms with Gasteiger partial charge in [-0.15, -0.1) is 0 Å². The van der Waals surface area contributed by atoms with Crippen molar-refractivity contribution in [3.8, 4) is 11.5 Å². The van der Waals surface area contributed by atoms with E-state index in [1.807, 2.05) is 48.5 Å². The minimum atomic E-state index is -2.26. The predicted molar refractivity (Wildman–Crippen MR) is 98.5 cm³/mol. The van der Waals surface area contributed by atoms with Crippen LogP contribution in [-0.4, -0.2) is 0 Å². The van der Waals surface area contributed by atoms with Gasteiger partial charge in [-0.1, -0.05) is 65.8 Å². The average molecular weight is 368 g/mol. The third kappa shape index (κ3) is 6.92. The van der Waals surface area contributed by atoms with E-state index < -0.39 is 8.60 Å². The fourth-order valence-electron chi connectivity index (χ4n) is 2.22. The van der Waals surface area contributed by atoms with E-state index in [4.69, 9.17) is 9.05 Å². The summed E-state index contributed by atoms with van der Waals surface area (Å²) in [7, 11) is -2.26. The molecular formula is C20H26NaO3P. The second-order valence-electron chi connectivity index (χ2n) is 7.95. The molecule has 130 valence electrons. The van der Waals surface area contributed by atoms with Crippen LogP contribution in [0.3, 0.4) is 0 Å². The topological polar surface area (TPSA) is 41.5 Å². The van der Waals surface area contributed by atoms with Gasteiger partial charge < -0.3 is 13.9 Å². The number of hydrogen-bond donors (Lipinski definition) is 0. The van der Waals surface area contributed by atoms with E-state index >= 15 is 0 Å². The van der Waals surface area contributed by atoms with Gasteiger partial charge in [0.1, 0.15) is 11.5 Å². The van der Waals surface area contributed by atoms with Crippen molar-refractivity contribution in [1.82, 2.24) is 0 Å². The largest absolute Gasteiger partial charge is 1.00 e. The van der Waals surface area contributed by atoms with Crippen LogP contribution in [0, 0.1) is 0 Å². The van der Waals surface area contributed by atoms with Crippen molar-refractivity contribution in [2.45, 2.75) is 52.4 Å². The van der Waals surface area contributed by atoms with Gasteiger partial charge in [-0.2, -0.15) is 0 Å². The second-order valence-corrected chi connectivity index (χ2v) is 8.77. The van der Waals surface area contributed by atoms with Crippen molar-refractivity contribution >= 4 is 8.60 Å². The molecule has 0 unspecified atom stereocenters. The zero-order valence-electron chi connectivity index (χ0n) is 16.3. The summed E-state index contributed by atoms with van der Waals surface area (Å²) in [6.45, 7) is 12.9. The Labute approximate surface area is 175 Å². The van der Waals surface area contributed by atoms with Crippen molar-refractivity contribution < 1.29 is 43.5 Å². The van der Waals surface area contributed by atoms with Crippen molar-refractivity contribution in [2.24, 2.45) is 0 Å². The molecule has 2 rings (SSSR count). The molecule has 0 spiro atoms. The smallest absolute Gasteiger partial charge is 0.765 e. The molecule has 5 heteroatoms. The molecule has 0 aliphatic heterocycles. The van der Waals surface area contributed by atoms with Crippen LogP contribution in [0.4, 0.5) is 0 Å². The molecule has 0 amide bonds.